The van der Waals surface area contributed by atoms with E-state index in [0.29, 0.717) is 17.7 Å². The van der Waals surface area contributed by atoms with Gasteiger partial charge in [0.25, 0.3) is 0 Å². The molecule has 4 atom stereocenters. The van der Waals surface area contributed by atoms with E-state index in [1.165, 1.54) is 36.0 Å². The lowest BCUT2D eigenvalue weighted by Gasteiger charge is -2.25. The Hall–Kier alpha value is -4.05. The van der Waals surface area contributed by atoms with E-state index in [0.717, 1.165) is 0 Å². The molecule has 0 aliphatic rings. The number of hydrogen-bond donors (Lipinski definition) is 9. The van der Waals surface area contributed by atoms with Crippen molar-refractivity contribution in [2.75, 3.05) is 18.6 Å². The highest BCUT2D eigenvalue weighted by Crippen LogP contribution is 2.13. The number of carbonyl (C=O) groups excluding carboxylic acids is 3. The molecule has 0 saturated heterocycles. The zero-order valence-corrected chi connectivity index (χ0v) is 23.6. The fourth-order valence-electron chi connectivity index (χ4n) is 3.58. The van der Waals surface area contributed by atoms with E-state index in [2.05, 4.69) is 20.9 Å². The summed E-state index contributed by atoms with van der Waals surface area (Å²) < 4.78 is 0. The van der Waals surface area contributed by atoms with Gasteiger partial charge in [-0.3, -0.25) is 24.2 Å². The number of aromatic hydroxyl groups is 1. The van der Waals surface area contributed by atoms with E-state index >= 15 is 0 Å². The molecule has 3 amide bonds. The van der Waals surface area contributed by atoms with Crippen molar-refractivity contribution in [3.05, 3.63) is 29.8 Å². The van der Waals surface area contributed by atoms with E-state index in [-0.39, 0.29) is 43.9 Å². The minimum Gasteiger partial charge on any atom is -0.508 e. The van der Waals surface area contributed by atoms with Gasteiger partial charge in [-0.2, -0.15) is 11.8 Å². The van der Waals surface area contributed by atoms with Crippen LogP contribution in [-0.2, 0) is 30.4 Å². The molecule has 0 aromatic heterocycles. The van der Waals surface area contributed by atoms with Crippen LogP contribution in [0.2, 0.25) is 0 Å². The Morgan fingerprint density at radius 1 is 0.878 bits per heavy atom. The number of hydrogen-bond acceptors (Lipinski definition) is 9. The van der Waals surface area contributed by atoms with E-state index in [1.54, 1.807) is 0 Å². The van der Waals surface area contributed by atoms with Crippen LogP contribution in [0.1, 0.15) is 37.7 Å². The summed E-state index contributed by atoms with van der Waals surface area (Å²) in [5.41, 5.74) is 17.1. The SMILES string of the molecule is CSCCC(NC(=O)C(N)CCCN=C(N)N)C(=O)NC(Cc1ccc(O)cc1)C(=O)NC(CCC(=O)O)C(=O)O. The highest BCUT2D eigenvalue weighted by atomic mass is 32.2. The van der Waals surface area contributed by atoms with Gasteiger partial charge in [0, 0.05) is 19.4 Å². The number of thioether (sulfide) groups is 1. The zero-order valence-electron chi connectivity index (χ0n) is 22.7. The molecule has 0 fully saturated rings. The second-order valence-corrected chi connectivity index (χ2v) is 10.1. The normalized spacial score (nSPS) is 13.6. The lowest BCUT2D eigenvalue weighted by Crippen LogP contribution is -2.57. The van der Waals surface area contributed by atoms with Gasteiger partial charge in [-0.15, -0.1) is 0 Å². The number of nitrogens with one attached hydrogen (secondary N) is 3. The Labute approximate surface area is 241 Å². The van der Waals surface area contributed by atoms with Crippen molar-refractivity contribution < 1.29 is 39.3 Å². The highest BCUT2D eigenvalue weighted by molar-refractivity contribution is 7.98. The topological polar surface area (TPSA) is 273 Å². The number of amides is 3. The van der Waals surface area contributed by atoms with Gasteiger partial charge in [0.1, 0.15) is 23.9 Å². The Morgan fingerprint density at radius 3 is 2.02 bits per heavy atom. The first-order valence-electron chi connectivity index (χ1n) is 12.8. The molecule has 0 aliphatic carbocycles. The summed E-state index contributed by atoms with van der Waals surface area (Å²) in [7, 11) is 0. The molecule has 228 valence electrons. The average Bonchev–Trinajstić information content (AvgIpc) is 2.91. The number of carboxylic acid groups (broad SMARTS) is 2. The van der Waals surface area contributed by atoms with Crippen molar-refractivity contribution in [3.63, 3.8) is 0 Å². The number of phenols is 1. The standard InChI is InChI=1S/C25H39N7O8S/c1-41-12-10-17(30-21(36)16(26)3-2-11-29-25(27)28)22(37)32-19(13-14-4-6-15(33)7-5-14)23(38)31-18(24(39)40)8-9-20(34)35/h4-7,16-19,33H,2-3,8-13,26H2,1H3,(H,30,36)(H,31,38)(H,32,37)(H,34,35)(H,39,40)(H4,27,28,29). The molecule has 0 aliphatic heterocycles. The third kappa shape index (κ3) is 14.2. The van der Waals surface area contributed by atoms with Crippen LogP contribution in [0.15, 0.2) is 29.3 Å². The summed E-state index contributed by atoms with van der Waals surface area (Å²) in [6.07, 6.45) is 1.75. The van der Waals surface area contributed by atoms with Gasteiger partial charge in [0.15, 0.2) is 5.96 Å². The molecule has 16 heteroatoms. The zero-order chi connectivity index (χ0) is 30.9. The summed E-state index contributed by atoms with van der Waals surface area (Å²) in [6, 6.07) is 1.00. The Kier molecular flexibility index (Phi) is 15.6. The van der Waals surface area contributed by atoms with E-state index in [9.17, 15) is 34.2 Å². The lowest BCUT2D eigenvalue weighted by molar-refractivity contribution is -0.143. The van der Waals surface area contributed by atoms with E-state index in [1.807, 2.05) is 6.26 Å². The van der Waals surface area contributed by atoms with E-state index in [4.69, 9.17) is 22.3 Å². The fourth-order valence-corrected chi connectivity index (χ4v) is 4.05. The number of carboxylic acids is 2. The van der Waals surface area contributed by atoms with Crippen LogP contribution in [0.3, 0.4) is 0 Å². The number of carbonyl (C=O) groups is 5. The van der Waals surface area contributed by atoms with Crippen molar-refractivity contribution in [1.82, 2.24) is 16.0 Å². The van der Waals surface area contributed by atoms with E-state index < -0.39 is 60.2 Å². The summed E-state index contributed by atoms with van der Waals surface area (Å²) in [6.45, 7) is 0.275. The highest BCUT2D eigenvalue weighted by Gasteiger charge is 2.30. The van der Waals surface area contributed by atoms with Gasteiger partial charge in [0.2, 0.25) is 17.7 Å². The Balaban J connectivity index is 3.07. The first-order chi connectivity index (χ1) is 19.3. The van der Waals surface area contributed by atoms with Crippen LogP contribution in [0.25, 0.3) is 0 Å². The molecule has 0 radical (unpaired) electrons. The van der Waals surface area contributed by atoms with Crippen LogP contribution in [0.4, 0.5) is 0 Å². The van der Waals surface area contributed by atoms with Crippen molar-refractivity contribution >= 4 is 47.4 Å². The minimum atomic E-state index is -1.51. The van der Waals surface area contributed by atoms with Gasteiger partial charge in [-0.25, -0.2) is 4.79 Å². The van der Waals surface area contributed by atoms with Gasteiger partial charge >= 0.3 is 11.9 Å². The summed E-state index contributed by atoms with van der Waals surface area (Å²) in [4.78, 5) is 65.5. The van der Waals surface area contributed by atoms with Crippen LogP contribution >= 0.6 is 11.8 Å². The molecule has 0 bridgehead atoms. The summed E-state index contributed by atoms with van der Waals surface area (Å²) >= 11 is 1.43. The molecular weight excluding hydrogens is 558 g/mol. The quantitative estimate of drug-likeness (QED) is 0.0499. The molecule has 4 unspecified atom stereocenters. The van der Waals surface area contributed by atoms with Crippen LogP contribution in [0.5, 0.6) is 5.75 Å². The Bertz CT molecular complexity index is 1070. The molecule has 1 aromatic rings. The first kappa shape index (κ1) is 35.0. The van der Waals surface area contributed by atoms with Crippen molar-refractivity contribution in [1.29, 1.82) is 0 Å². The second-order valence-electron chi connectivity index (χ2n) is 9.16. The predicted molar refractivity (Wildman–Crippen MR) is 153 cm³/mol. The fraction of sp³-hybridized carbons (Fsp3) is 0.520. The van der Waals surface area contributed by atoms with Crippen molar-refractivity contribution in [2.45, 2.75) is 62.7 Å². The number of aliphatic imine (C=N–C) groups is 1. The first-order valence-corrected chi connectivity index (χ1v) is 14.2. The van der Waals surface area contributed by atoms with Crippen LogP contribution in [0, 0.1) is 0 Å². The molecule has 15 nitrogen and oxygen atoms in total. The monoisotopic (exact) mass is 597 g/mol. The maximum atomic E-state index is 13.3. The smallest absolute Gasteiger partial charge is 0.326 e. The number of benzene rings is 1. The minimum absolute atomic E-state index is 0.0205. The molecule has 0 heterocycles. The summed E-state index contributed by atoms with van der Waals surface area (Å²) in [5, 5.41) is 35.4. The third-order valence-corrected chi connectivity index (χ3v) is 6.46. The molecule has 41 heavy (non-hydrogen) atoms. The lowest BCUT2D eigenvalue weighted by atomic mass is 10.0. The number of aliphatic carboxylic acids is 2. The van der Waals surface area contributed by atoms with Crippen molar-refractivity contribution in [2.24, 2.45) is 22.2 Å². The molecule has 12 N–H and O–H groups in total. The molecule has 0 saturated carbocycles. The summed E-state index contributed by atoms with van der Waals surface area (Å²) in [5.74, 6) is -4.44. The van der Waals surface area contributed by atoms with Gasteiger partial charge in [-0.05, 0) is 55.4 Å². The number of nitrogens with two attached hydrogens (primary N) is 3. The van der Waals surface area contributed by atoms with Gasteiger partial charge < -0.3 is 48.5 Å². The largest absolute Gasteiger partial charge is 0.508 e. The maximum Gasteiger partial charge on any atom is 0.326 e. The molecule has 1 rings (SSSR count). The number of nitrogens with zero attached hydrogens (tertiary/aromatic N) is 1. The van der Waals surface area contributed by atoms with Gasteiger partial charge in [0.05, 0.1) is 6.04 Å². The third-order valence-electron chi connectivity index (χ3n) is 5.82. The maximum absolute atomic E-state index is 13.3. The van der Waals surface area contributed by atoms with Crippen molar-refractivity contribution in [3.8, 4) is 5.75 Å². The number of phenolic OH excluding ortho intramolecular Hbond substituents is 1. The average molecular weight is 598 g/mol. The van der Waals surface area contributed by atoms with Gasteiger partial charge in [-0.1, -0.05) is 12.1 Å². The number of rotatable bonds is 19. The molecule has 0 spiro atoms. The Morgan fingerprint density at radius 2 is 1.46 bits per heavy atom. The predicted octanol–water partition coefficient (Wildman–Crippen LogP) is -1.53. The number of guanidine groups is 1. The van der Waals surface area contributed by atoms with Crippen LogP contribution in [-0.4, -0.2) is 93.7 Å². The second kappa shape index (κ2) is 18.3. The molecular formula is C25H39N7O8S. The molecule has 1 aromatic carbocycles. The van der Waals surface area contributed by atoms with Crippen LogP contribution < -0.4 is 33.2 Å².